The van der Waals surface area contributed by atoms with E-state index in [0.717, 1.165) is 12.1 Å². The Morgan fingerprint density at radius 1 is 1.20 bits per heavy atom. The number of nitrogens with one attached hydrogen (secondary N) is 1. The van der Waals surface area contributed by atoms with Gasteiger partial charge in [-0.05, 0) is 30.3 Å². The lowest BCUT2D eigenvalue weighted by molar-refractivity contribution is 0.0951. The monoisotopic (exact) mass is 340 g/mol. The molecule has 0 saturated heterocycles. The summed E-state index contributed by atoms with van der Waals surface area (Å²) in [6.07, 6.45) is 0. The summed E-state index contributed by atoms with van der Waals surface area (Å²) in [6, 6.07) is 8.05. The number of benzene rings is 2. The average molecular weight is 341 g/mol. The van der Waals surface area contributed by atoms with Crippen molar-refractivity contribution in [1.82, 2.24) is 5.32 Å². The molecule has 0 aliphatic rings. The van der Waals surface area contributed by atoms with E-state index in [1.807, 2.05) is 0 Å². The topological polar surface area (TPSA) is 55.1 Å². The van der Waals surface area contributed by atoms with Gasteiger partial charge in [-0.25, -0.2) is 8.78 Å². The third kappa shape index (κ3) is 3.33. The van der Waals surface area contributed by atoms with Gasteiger partial charge in [-0.3, -0.25) is 4.79 Å². The van der Waals surface area contributed by atoms with Crippen molar-refractivity contribution in [2.75, 3.05) is 5.73 Å². The number of rotatable bonds is 3. The van der Waals surface area contributed by atoms with Crippen LogP contribution in [-0.4, -0.2) is 5.91 Å². The van der Waals surface area contributed by atoms with Gasteiger partial charge in [0.25, 0.3) is 5.91 Å². The first kappa shape index (κ1) is 14.5. The molecule has 0 aliphatic heterocycles. The number of hydrogen-bond acceptors (Lipinski definition) is 2. The standard InChI is InChI=1S/C14H11BrF2N2O/c15-9-2-1-8(12(17)5-9)7-19-14(20)11-4-3-10(16)6-13(11)18/h1-6H,7,18H2,(H,19,20). The fourth-order valence-electron chi connectivity index (χ4n) is 1.68. The third-order valence-electron chi connectivity index (χ3n) is 2.71. The van der Waals surface area contributed by atoms with E-state index in [1.165, 1.54) is 12.1 Å². The minimum Gasteiger partial charge on any atom is -0.398 e. The van der Waals surface area contributed by atoms with Crippen LogP contribution in [0.25, 0.3) is 0 Å². The largest absolute Gasteiger partial charge is 0.398 e. The summed E-state index contributed by atoms with van der Waals surface area (Å²) in [5.41, 5.74) is 6.11. The fourth-order valence-corrected chi connectivity index (χ4v) is 2.01. The molecule has 0 atom stereocenters. The second-order valence-corrected chi connectivity index (χ2v) is 5.07. The van der Waals surface area contributed by atoms with Gasteiger partial charge < -0.3 is 11.1 Å². The fraction of sp³-hybridized carbons (Fsp3) is 0.0714. The normalized spacial score (nSPS) is 10.3. The highest BCUT2D eigenvalue weighted by molar-refractivity contribution is 9.10. The van der Waals surface area contributed by atoms with Crippen LogP contribution in [-0.2, 0) is 6.54 Å². The highest BCUT2D eigenvalue weighted by Crippen LogP contribution is 2.16. The van der Waals surface area contributed by atoms with Crippen molar-refractivity contribution >= 4 is 27.5 Å². The molecule has 0 aromatic heterocycles. The quantitative estimate of drug-likeness (QED) is 0.842. The predicted molar refractivity (Wildman–Crippen MR) is 76.1 cm³/mol. The Balaban J connectivity index is 2.08. The molecule has 0 radical (unpaired) electrons. The lowest BCUT2D eigenvalue weighted by atomic mass is 10.1. The van der Waals surface area contributed by atoms with Gasteiger partial charge in [0.05, 0.1) is 5.56 Å². The van der Waals surface area contributed by atoms with Crippen molar-refractivity contribution in [1.29, 1.82) is 0 Å². The molecule has 2 aromatic carbocycles. The number of anilines is 1. The van der Waals surface area contributed by atoms with E-state index in [0.29, 0.717) is 10.0 Å². The summed E-state index contributed by atoms with van der Waals surface area (Å²) < 4.78 is 27.1. The number of halogens is 3. The molecule has 20 heavy (non-hydrogen) atoms. The Hall–Kier alpha value is -1.95. The lowest BCUT2D eigenvalue weighted by Crippen LogP contribution is -2.24. The van der Waals surface area contributed by atoms with E-state index in [1.54, 1.807) is 12.1 Å². The van der Waals surface area contributed by atoms with Gasteiger partial charge in [-0.1, -0.05) is 22.0 Å². The Bertz CT molecular complexity index is 662. The Morgan fingerprint density at radius 3 is 2.60 bits per heavy atom. The van der Waals surface area contributed by atoms with Gasteiger partial charge in [0.15, 0.2) is 0 Å². The van der Waals surface area contributed by atoms with Crippen LogP contribution in [0.5, 0.6) is 0 Å². The lowest BCUT2D eigenvalue weighted by Gasteiger charge is -2.08. The number of amides is 1. The van der Waals surface area contributed by atoms with Gasteiger partial charge >= 0.3 is 0 Å². The van der Waals surface area contributed by atoms with Crippen molar-refractivity contribution in [3.63, 3.8) is 0 Å². The van der Waals surface area contributed by atoms with Crippen LogP contribution in [0.4, 0.5) is 14.5 Å². The highest BCUT2D eigenvalue weighted by Gasteiger charge is 2.11. The molecule has 0 spiro atoms. The molecule has 2 rings (SSSR count). The van der Waals surface area contributed by atoms with Crippen molar-refractivity contribution in [2.45, 2.75) is 6.54 Å². The molecular formula is C14H11BrF2N2O. The second-order valence-electron chi connectivity index (χ2n) is 4.15. The van der Waals surface area contributed by atoms with Crippen molar-refractivity contribution < 1.29 is 13.6 Å². The van der Waals surface area contributed by atoms with E-state index < -0.39 is 17.5 Å². The molecule has 1 amide bonds. The second kappa shape index (κ2) is 6.00. The van der Waals surface area contributed by atoms with Gasteiger partial charge in [0, 0.05) is 22.3 Å². The summed E-state index contributed by atoms with van der Waals surface area (Å²) in [4.78, 5) is 11.9. The molecule has 3 nitrogen and oxygen atoms in total. The Labute approximate surface area is 122 Å². The molecule has 0 unspecified atom stereocenters. The first-order valence-corrected chi connectivity index (χ1v) is 6.54. The number of carbonyl (C=O) groups is 1. The summed E-state index contributed by atoms with van der Waals surface area (Å²) in [5.74, 6) is -1.42. The maximum absolute atomic E-state index is 13.6. The van der Waals surface area contributed by atoms with Crippen molar-refractivity contribution in [3.05, 3.63) is 63.6 Å². The van der Waals surface area contributed by atoms with Gasteiger partial charge in [-0.2, -0.15) is 0 Å². The van der Waals surface area contributed by atoms with Crippen LogP contribution in [0.15, 0.2) is 40.9 Å². The van der Waals surface area contributed by atoms with Crippen LogP contribution in [0.1, 0.15) is 15.9 Å². The van der Waals surface area contributed by atoms with Crippen LogP contribution < -0.4 is 11.1 Å². The number of carbonyl (C=O) groups excluding carboxylic acids is 1. The van der Waals surface area contributed by atoms with Crippen LogP contribution >= 0.6 is 15.9 Å². The van der Waals surface area contributed by atoms with Crippen LogP contribution in [0.2, 0.25) is 0 Å². The third-order valence-corrected chi connectivity index (χ3v) is 3.21. The van der Waals surface area contributed by atoms with Gasteiger partial charge in [-0.15, -0.1) is 0 Å². The highest BCUT2D eigenvalue weighted by atomic mass is 79.9. The van der Waals surface area contributed by atoms with E-state index in [4.69, 9.17) is 5.73 Å². The Kier molecular flexibility index (Phi) is 4.34. The molecule has 104 valence electrons. The summed E-state index contributed by atoms with van der Waals surface area (Å²) in [7, 11) is 0. The number of nitrogens with two attached hydrogens (primary N) is 1. The summed E-state index contributed by atoms with van der Waals surface area (Å²) in [6.45, 7) is 0.0226. The van der Waals surface area contributed by atoms with Gasteiger partial charge in [0.2, 0.25) is 0 Å². The van der Waals surface area contributed by atoms with E-state index >= 15 is 0 Å². The molecule has 0 aliphatic carbocycles. The van der Waals surface area contributed by atoms with Crippen molar-refractivity contribution in [3.8, 4) is 0 Å². The molecule has 6 heteroatoms. The number of nitrogen functional groups attached to an aromatic ring is 1. The maximum atomic E-state index is 13.6. The first-order chi connectivity index (χ1) is 9.47. The SMILES string of the molecule is Nc1cc(F)ccc1C(=O)NCc1ccc(Br)cc1F. The summed E-state index contributed by atoms with van der Waals surface area (Å²) >= 11 is 3.15. The molecule has 0 fully saturated rings. The molecule has 0 bridgehead atoms. The average Bonchev–Trinajstić information content (AvgIpc) is 2.37. The van der Waals surface area contributed by atoms with E-state index in [9.17, 15) is 13.6 Å². The molecular weight excluding hydrogens is 330 g/mol. The molecule has 0 saturated carbocycles. The minimum atomic E-state index is -0.516. The predicted octanol–water partition coefficient (Wildman–Crippen LogP) is 3.24. The van der Waals surface area contributed by atoms with E-state index in [-0.39, 0.29) is 17.8 Å². The zero-order valence-corrected chi connectivity index (χ0v) is 11.9. The van der Waals surface area contributed by atoms with E-state index in [2.05, 4.69) is 21.2 Å². The van der Waals surface area contributed by atoms with Crippen LogP contribution in [0, 0.1) is 11.6 Å². The summed E-state index contributed by atoms with van der Waals surface area (Å²) in [5, 5.41) is 2.54. The Morgan fingerprint density at radius 2 is 1.95 bits per heavy atom. The first-order valence-electron chi connectivity index (χ1n) is 5.74. The molecule has 3 N–H and O–H groups in total. The minimum absolute atomic E-state index is 0.0226. The van der Waals surface area contributed by atoms with Crippen LogP contribution in [0.3, 0.4) is 0 Å². The molecule has 0 heterocycles. The van der Waals surface area contributed by atoms with Gasteiger partial charge in [0.1, 0.15) is 11.6 Å². The molecule has 2 aromatic rings. The smallest absolute Gasteiger partial charge is 0.253 e. The van der Waals surface area contributed by atoms with Crippen molar-refractivity contribution in [2.24, 2.45) is 0 Å². The zero-order chi connectivity index (χ0) is 14.7. The zero-order valence-electron chi connectivity index (χ0n) is 10.3. The number of hydrogen-bond donors (Lipinski definition) is 2. The maximum Gasteiger partial charge on any atom is 0.253 e.